The maximum Gasteiger partial charge on any atom is 0.126 e. The number of aliphatic hydroxyl groups excluding tert-OH is 1. The molecule has 0 atom stereocenters. The highest BCUT2D eigenvalue weighted by Gasteiger charge is 2.17. The van der Waals surface area contributed by atoms with E-state index in [0.717, 1.165) is 38.9 Å². The molecule has 1 aliphatic heterocycles. The Labute approximate surface area is 114 Å². The van der Waals surface area contributed by atoms with Crippen LogP contribution in [0, 0.1) is 11.7 Å². The Bertz CT molecular complexity index is 378. The minimum Gasteiger partial charge on any atom is -0.493 e. The number of ether oxygens (including phenoxy) is 1. The highest BCUT2D eigenvalue weighted by molar-refractivity contribution is 5.22. The Kier molecular flexibility index (Phi) is 5.61. The fraction of sp³-hybridized carbons (Fsp3) is 0.600. The lowest BCUT2D eigenvalue weighted by Gasteiger charge is -2.30. The summed E-state index contributed by atoms with van der Waals surface area (Å²) < 4.78 is 18.4. The number of likely N-dealkylation sites (tertiary alicyclic amines) is 1. The van der Waals surface area contributed by atoms with E-state index in [2.05, 4.69) is 4.90 Å². The first-order valence-electron chi connectivity index (χ1n) is 6.99. The summed E-state index contributed by atoms with van der Waals surface area (Å²) in [6, 6.07) is 6.26. The minimum absolute atomic E-state index is 0.261. The fourth-order valence-electron chi connectivity index (χ4n) is 2.43. The second kappa shape index (κ2) is 7.46. The minimum atomic E-state index is -0.261. The molecule has 1 saturated heterocycles. The van der Waals surface area contributed by atoms with Crippen LogP contribution >= 0.6 is 0 Å². The van der Waals surface area contributed by atoms with Gasteiger partial charge < -0.3 is 14.7 Å². The van der Waals surface area contributed by atoms with E-state index < -0.39 is 0 Å². The number of halogens is 1. The summed E-state index contributed by atoms with van der Waals surface area (Å²) in [5.41, 5.74) is 0. The lowest BCUT2D eigenvalue weighted by atomic mass is 9.98. The molecule has 1 fully saturated rings. The highest BCUT2D eigenvalue weighted by atomic mass is 19.1. The highest BCUT2D eigenvalue weighted by Crippen LogP contribution is 2.16. The van der Waals surface area contributed by atoms with Crippen molar-refractivity contribution in [1.82, 2.24) is 4.90 Å². The largest absolute Gasteiger partial charge is 0.493 e. The van der Waals surface area contributed by atoms with E-state index in [4.69, 9.17) is 9.84 Å². The van der Waals surface area contributed by atoms with E-state index >= 15 is 0 Å². The van der Waals surface area contributed by atoms with Crippen molar-refractivity contribution in [2.24, 2.45) is 5.92 Å². The average molecular weight is 267 g/mol. The van der Waals surface area contributed by atoms with Crippen LogP contribution in [0.15, 0.2) is 24.3 Å². The third-order valence-electron chi connectivity index (χ3n) is 3.65. The normalized spacial score (nSPS) is 17.6. The van der Waals surface area contributed by atoms with Crippen molar-refractivity contribution in [3.63, 3.8) is 0 Å². The smallest absolute Gasteiger partial charge is 0.126 e. The standard InChI is InChI=1S/C15H22FNO2/c16-14-3-1-4-15(11-14)19-10-2-7-17-8-5-13(12-18)6-9-17/h1,3-4,11,13,18H,2,5-10,12H2. The van der Waals surface area contributed by atoms with E-state index in [1.54, 1.807) is 12.1 Å². The number of nitrogens with zero attached hydrogens (tertiary/aromatic N) is 1. The van der Waals surface area contributed by atoms with E-state index in [1.165, 1.54) is 12.1 Å². The lowest BCUT2D eigenvalue weighted by Crippen LogP contribution is -2.35. The molecule has 1 aromatic carbocycles. The van der Waals surface area contributed by atoms with E-state index in [0.29, 0.717) is 24.9 Å². The molecule has 4 heteroatoms. The number of hydrogen-bond donors (Lipinski definition) is 1. The Balaban J connectivity index is 1.60. The fourth-order valence-corrected chi connectivity index (χ4v) is 2.43. The van der Waals surface area contributed by atoms with Gasteiger partial charge in [0.05, 0.1) is 6.61 Å². The molecule has 0 saturated carbocycles. The molecule has 0 amide bonds. The summed E-state index contributed by atoms with van der Waals surface area (Å²) in [4.78, 5) is 2.40. The summed E-state index contributed by atoms with van der Waals surface area (Å²) in [5, 5.41) is 9.07. The molecule has 1 aromatic rings. The first-order chi connectivity index (χ1) is 9.28. The number of piperidine rings is 1. The van der Waals surface area contributed by atoms with Crippen molar-refractivity contribution < 1.29 is 14.2 Å². The van der Waals surface area contributed by atoms with Crippen molar-refractivity contribution in [1.29, 1.82) is 0 Å². The molecule has 0 bridgehead atoms. The van der Waals surface area contributed by atoms with Gasteiger partial charge >= 0.3 is 0 Å². The molecule has 2 rings (SSSR count). The third-order valence-corrected chi connectivity index (χ3v) is 3.65. The average Bonchev–Trinajstić information content (AvgIpc) is 2.44. The molecule has 0 aliphatic carbocycles. The van der Waals surface area contributed by atoms with Crippen molar-refractivity contribution in [2.75, 3.05) is 32.8 Å². The maximum atomic E-state index is 12.9. The zero-order valence-corrected chi connectivity index (χ0v) is 11.2. The summed E-state index contributed by atoms with van der Waals surface area (Å²) in [6.07, 6.45) is 3.11. The van der Waals surface area contributed by atoms with E-state index in [1.807, 2.05) is 0 Å². The van der Waals surface area contributed by atoms with Gasteiger partial charge in [-0.1, -0.05) is 6.07 Å². The zero-order valence-electron chi connectivity index (χ0n) is 11.2. The van der Waals surface area contributed by atoms with Gasteiger partial charge in [-0.3, -0.25) is 0 Å². The van der Waals surface area contributed by atoms with Gasteiger partial charge in [-0.05, 0) is 50.4 Å². The number of rotatable bonds is 6. The molecule has 106 valence electrons. The molecule has 1 aliphatic rings. The monoisotopic (exact) mass is 267 g/mol. The van der Waals surface area contributed by atoms with Crippen LogP contribution in [0.2, 0.25) is 0 Å². The summed E-state index contributed by atoms with van der Waals surface area (Å²) in [5.74, 6) is 0.822. The quantitative estimate of drug-likeness (QED) is 0.803. The van der Waals surface area contributed by atoms with E-state index in [9.17, 15) is 4.39 Å². The van der Waals surface area contributed by atoms with Gasteiger partial charge in [-0.2, -0.15) is 0 Å². The first kappa shape index (κ1) is 14.3. The summed E-state index contributed by atoms with van der Waals surface area (Å²) in [6.45, 7) is 4.06. The zero-order chi connectivity index (χ0) is 13.5. The second-order valence-corrected chi connectivity index (χ2v) is 5.13. The first-order valence-corrected chi connectivity index (χ1v) is 6.99. The van der Waals surface area contributed by atoms with Crippen molar-refractivity contribution >= 4 is 0 Å². The number of hydrogen-bond acceptors (Lipinski definition) is 3. The Morgan fingerprint density at radius 2 is 2.11 bits per heavy atom. The van der Waals surface area contributed by atoms with Crippen LogP contribution in [0.25, 0.3) is 0 Å². The molecule has 1 heterocycles. The molecule has 0 unspecified atom stereocenters. The van der Waals surface area contributed by atoms with Gasteiger partial charge in [0.1, 0.15) is 11.6 Å². The molecule has 3 nitrogen and oxygen atoms in total. The summed E-state index contributed by atoms with van der Waals surface area (Å²) >= 11 is 0. The second-order valence-electron chi connectivity index (χ2n) is 5.13. The molecular formula is C15H22FNO2. The van der Waals surface area contributed by atoms with Crippen LogP contribution in [-0.2, 0) is 0 Å². The molecule has 0 radical (unpaired) electrons. The van der Waals surface area contributed by atoms with E-state index in [-0.39, 0.29) is 5.82 Å². The van der Waals surface area contributed by atoms with Crippen molar-refractivity contribution in [3.05, 3.63) is 30.1 Å². The Hall–Kier alpha value is -1.13. The van der Waals surface area contributed by atoms with Gasteiger partial charge in [0.15, 0.2) is 0 Å². The van der Waals surface area contributed by atoms with Crippen LogP contribution in [0.1, 0.15) is 19.3 Å². The Morgan fingerprint density at radius 1 is 1.32 bits per heavy atom. The number of aliphatic hydroxyl groups is 1. The van der Waals surface area contributed by atoms with Crippen LogP contribution in [0.3, 0.4) is 0 Å². The topological polar surface area (TPSA) is 32.7 Å². The molecular weight excluding hydrogens is 245 g/mol. The van der Waals surface area contributed by atoms with Crippen molar-refractivity contribution in [3.8, 4) is 5.75 Å². The maximum absolute atomic E-state index is 12.9. The molecule has 19 heavy (non-hydrogen) atoms. The van der Waals surface area contributed by atoms with Crippen LogP contribution in [-0.4, -0.2) is 42.9 Å². The van der Waals surface area contributed by atoms with Crippen LogP contribution in [0.5, 0.6) is 5.75 Å². The Morgan fingerprint density at radius 3 is 2.79 bits per heavy atom. The predicted molar refractivity (Wildman–Crippen MR) is 72.8 cm³/mol. The van der Waals surface area contributed by atoms with Gasteiger partial charge in [0.25, 0.3) is 0 Å². The van der Waals surface area contributed by atoms with Gasteiger partial charge in [0, 0.05) is 19.2 Å². The van der Waals surface area contributed by atoms with Gasteiger partial charge in [-0.25, -0.2) is 4.39 Å². The summed E-state index contributed by atoms with van der Waals surface area (Å²) in [7, 11) is 0. The lowest BCUT2D eigenvalue weighted by molar-refractivity contribution is 0.126. The van der Waals surface area contributed by atoms with Gasteiger partial charge in [-0.15, -0.1) is 0 Å². The third kappa shape index (κ3) is 4.80. The van der Waals surface area contributed by atoms with Gasteiger partial charge in [0.2, 0.25) is 0 Å². The number of benzene rings is 1. The van der Waals surface area contributed by atoms with Crippen molar-refractivity contribution in [2.45, 2.75) is 19.3 Å². The molecule has 1 N–H and O–H groups in total. The SMILES string of the molecule is OCC1CCN(CCCOc2cccc(F)c2)CC1. The van der Waals surface area contributed by atoms with Crippen LogP contribution < -0.4 is 4.74 Å². The van der Waals surface area contributed by atoms with Crippen LogP contribution in [0.4, 0.5) is 4.39 Å². The molecule has 0 aromatic heterocycles. The molecule has 0 spiro atoms. The predicted octanol–water partition coefficient (Wildman–Crippen LogP) is 2.30.